The van der Waals surface area contributed by atoms with Crippen molar-refractivity contribution in [2.75, 3.05) is 14.2 Å². The van der Waals surface area contributed by atoms with Gasteiger partial charge in [-0.2, -0.15) is 5.10 Å². The molecule has 0 atom stereocenters. The molecule has 1 N–H and O–H groups in total. The molecule has 1 aromatic heterocycles. The van der Waals surface area contributed by atoms with Gasteiger partial charge in [-0.25, -0.2) is 9.48 Å². The lowest BCUT2D eigenvalue weighted by Crippen LogP contribution is -2.29. The van der Waals surface area contributed by atoms with Gasteiger partial charge in [0, 0.05) is 12.1 Å². The van der Waals surface area contributed by atoms with Crippen LogP contribution in [0.25, 0.3) is 11.3 Å². The highest BCUT2D eigenvalue weighted by Crippen LogP contribution is 2.31. The largest absolute Gasteiger partial charge is 0.493 e. The monoisotopic (exact) mass is 332 g/mol. The number of aromatic carboxylic acids is 1. The Labute approximate surface area is 139 Å². The minimum Gasteiger partial charge on any atom is -0.493 e. The summed E-state index contributed by atoms with van der Waals surface area (Å²) in [4.78, 5) is 23.6. The van der Waals surface area contributed by atoms with E-state index >= 15 is 0 Å². The van der Waals surface area contributed by atoms with Crippen molar-refractivity contribution >= 4 is 5.97 Å². The molecule has 0 unspecified atom stereocenters. The first-order valence-electron chi connectivity index (χ1n) is 7.59. The van der Waals surface area contributed by atoms with E-state index in [2.05, 4.69) is 5.10 Å². The van der Waals surface area contributed by atoms with Gasteiger partial charge in [0.25, 0.3) is 5.56 Å². The first-order chi connectivity index (χ1) is 11.5. The van der Waals surface area contributed by atoms with Crippen LogP contribution in [0.5, 0.6) is 11.5 Å². The van der Waals surface area contributed by atoms with Crippen molar-refractivity contribution in [3.8, 4) is 22.8 Å². The summed E-state index contributed by atoms with van der Waals surface area (Å²) in [6.07, 6.45) is 1.61. The normalized spacial score (nSPS) is 10.5. The third-order valence-electron chi connectivity index (χ3n) is 3.61. The molecule has 0 aliphatic carbocycles. The number of rotatable bonds is 7. The second-order valence-electron chi connectivity index (χ2n) is 5.20. The van der Waals surface area contributed by atoms with Crippen LogP contribution in [0.3, 0.4) is 0 Å². The van der Waals surface area contributed by atoms with Crippen LogP contribution < -0.4 is 15.0 Å². The van der Waals surface area contributed by atoms with Crippen LogP contribution >= 0.6 is 0 Å². The number of aromatic nitrogens is 2. The zero-order chi connectivity index (χ0) is 17.7. The smallest absolute Gasteiger partial charge is 0.341 e. The molecule has 2 rings (SSSR count). The Morgan fingerprint density at radius 2 is 1.92 bits per heavy atom. The van der Waals surface area contributed by atoms with E-state index in [0.717, 1.165) is 12.8 Å². The van der Waals surface area contributed by atoms with Gasteiger partial charge >= 0.3 is 5.97 Å². The van der Waals surface area contributed by atoms with Gasteiger partial charge in [-0.15, -0.1) is 0 Å². The summed E-state index contributed by atoms with van der Waals surface area (Å²) in [5, 5.41) is 13.6. The van der Waals surface area contributed by atoms with Crippen LogP contribution in [0.15, 0.2) is 29.1 Å². The Bertz CT molecular complexity index is 798. The van der Waals surface area contributed by atoms with Crippen LogP contribution in [-0.2, 0) is 6.54 Å². The van der Waals surface area contributed by atoms with Gasteiger partial charge in [-0.05, 0) is 30.7 Å². The lowest BCUT2D eigenvalue weighted by Gasteiger charge is -2.11. The van der Waals surface area contributed by atoms with Crippen LogP contribution in [0.1, 0.15) is 30.1 Å². The van der Waals surface area contributed by atoms with E-state index in [1.807, 2.05) is 6.92 Å². The average Bonchev–Trinajstić information content (AvgIpc) is 2.59. The first-order valence-corrected chi connectivity index (χ1v) is 7.59. The van der Waals surface area contributed by atoms with Crippen LogP contribution in [0, 0.1) is 0 Å². The lowest BCUT2D eigenvalue weighted by atomic mass is 10.1. The molecule has 0 spiro atoms. The Hall–Kier alpha value is -2.83. The number of carboxylic acid groups (broad SMARTS) is 1. The SMILES string of the molecule is CCCCn1nc(-c2ccc(OC)c(OC)c2)cc(C(=O)O)c1=O. The van der Waals surface area contributed by atoms with Gasteiger partial charge < -0.3 is 14.6 Å². The predicted molar refractivity (Wildman–Crippen MR) is 88.9 cm³/mol. The molecule has 0 aliphatic rings. The molecule has 0 radical (unpaired) electrons. The van der Waals surface area contributed by atoms with Crippen LogP contribution in [0.4, 0.5) is 0 Å². The summed E-state index contributed by atoms with van der Waals surface area (Å²) < 4.78 is 11.7. The van der Waals surface area contributed by atoms with E-state index in [9.17, 15) is 14.7 Å². The number of hydrogen-bond acceptors (Lipinski definition) is 5. The number of aryl methyl sites for hydroxylation is 1. The summed E-state index contributed by atoms with van der Waals surface area (Å²) in [5.41, 5.74) is 0.135. The van der Waals surface area contributed by atoms with Crippen molar-refractivity contribution in [1.82, 2.24) is 9.78 Å². The van der Waals surface area contributed by atoms with E-state index in [0.29, 0.717) is 29.3 Å². The Kier molecular flexibility index (Phi) is 5.57. The highest BCUT2D eigenvalue weighted by atomic mass is 16.5. The summed E-state index contributed by atoms with van der Waals surface area (Å²) in [7, 11) is 3.04. The maximum absolute atomic E-state index is 12.2. The third kappa shape index (κ3) is 3.56. The molecule has 0 saturated carbocycles. The van der Waals surface area contributed by atoms with E-state index in [4.69, 9.17) is 9.47 Å². The molecule has 24 heavy (non-hydrogen) atoms. The Balaban J connectivity index is 2.59. The van der Waals surface area contributed by atoms with Crippen molar-refractivity contribution in [2.45, 2.75) is 26.3 Å². The van der Waals surface area contributed by atoms with Gasteiger partial charge in [0.2, 0.25) is 0 Å². The van der Waals surface area contributed by atoms with Crippen LogP contribution in [0.2, 0.25) is 0 Å². The summed E-state index contributed by atoms with van der Waals surface area (Å²) in [5.74, 6) is -0.214. The number of carbonyl (C=O) groups is 1. The van der Waals surface area contributed by atoms with E-state index in [1.54, 1.807) is 18.2 Å². The third-order valence-corrected chi connectivity index (χ3v) is 3.61. The number of unbranched alkanes of at least 4 members (excludes halogenated alkanes) is 1. The number of carboxylic acids is 1. The fourth-order valence-electron chi connectivity index (χ4n) is 2.29. The molecule has 7 heteroatoms. The number of methoxy groups -OCH3 is 2. The van der Waals surface area contributed by atoms with Crippen LogP contribution in [-0.4, -0.2) is 35.1 Å². The molecular formula is C17H20N2O5. The molecule has 0 amide bonds. The molecule has 1 heterocycles. The standard InChI is InChI=1S/C17H20N2O5/c1-4-5-8-19-16(20)12(17(21)22)10-13(18-19)11-6-7-14(23-2)15(9-11)24-3/h6-7,9-10H,4-5,8H2,1-3H3,(H,21,22). The number of hydrogen-bond donors (Lipinski definition) is 1. The molecule has 7 nitrogen and oxygen atoms in total. The average molecular weight is 332 g/mol. The van der Waals surface area contributed by atoms with Crippen molar-refractivity contribution in [3.63, 3.8) is 0 Å². The highest BCUT2D eigenvalue weighted by molar-refractivity contribution is 5.88. The summed E-state index contributed by atoms with van der Waals surface area (Å²) in [6, 6.07) is 6.43. The first kappa shape index (κ1) is 17.5. The van der Waals surface area contributed by atoms with Gasteiger partial charge in [0.1, 0.15) is 5.56 Å². The Morgan fingerprint density at radius 3 is 2.50 bits per heavy atom. The Morgan fingerprint density at radius 1 is 1.21 bits per heavy atom. The minimum absolute atomic E-state index is 0.300. The number of ether oxygens (including phenoxy) is 2. The molecule has 2 aromatic rings. The van der Waals surface area contributed by atoms with Gasteiger partial charge in [0.05, 0.1) is 19.9 Å². The van der Waals surface area contributed by atoms with Gasteiger partial charge in [-0.1, -0.05) is 13.3 Å². The molecular weight excluding hydrogens is 312 g/mol. The molecule has 128 valence electrons. The lowest BCUT2D eigenvalue weighted by molar-refractivity contribution is 0.0693. The maximum atomic E-state index is 12.2. The zero-order valence-corrected chi connectivity index (χ0v) is 13.9. The maximum Gasteiger partial charge on any atom is 0.341 e. The summed E-state index contributed by atoms with van der Waals surface area (Å²) in [6.45, 7) is 2.36. The molecule has 0 aliphatic heterocycles. The van der Waals surface area contributed by atoms with Crippen molar-refractivity contribution in [1.29, 1.82) is 0 Å². The predicted octanol–water partition coefficient (Wildman–Crippen LogP) is 2.43. The van der Waals surface area contributed by atoms with Gasteiger partial charge in [0.15, 0.2) is 11.5 Å². The topological polar surface area (TPSA) is 90.7 Å². The molecule has 0 fully saturated rings. The number of benzene rings is 1. The van der Waals surface area contributed by atoms with E-state index in [1.165, 1.54) is 25.0 Å². The van der Waals surface area contributed by atoms with E-state index in [-0.39, 0.29) is 5.56 Å². The molecule has 1 aromatic carbocycles. The van der Waals surface area contributed by atoms with Crippen molar-refractivity contribution in [3.05, 3.63) is 40.2 Å². The molecule has 0 bridgehead atoms. The second kappa shape index (κ2) is 7.63. The second-order valence-corrected chi connectivity index (χ2v) is 5.20. The number of nitrogens with zero attached hydrogens (tertiary/aromatic N) is 2. The highest BCUT2D eigenvalue weighted by Gasteiger charge is 2.16. The zero-order valence-electron chi connectivity index (χ0n) is 13.9. The van der Waals surface area contributed by atoms with Gasteiger partial charge in [-0.3, -0.25) is 4.79 Å². The fraction of sp³-hybridized carbons (Fsp3) is 0.353. The van der Waals surface area contributed by atoms with Crippen molar-refractivity contribution < 1.29 is 19.4 Å². The van der Waals surface area contributed by atoms with Crippen molar-refractivity contribution in [2.24, 2.45) is 0 Å². The fourth-order valence-corrected chi connectivity index (χ4v) is 2.29. The molecule has 0 saturated heterocycles. The quantitative estimate of drug-likeness (QED) is 0.837. The summed E-state index contributed by atoms with van der Waals surface area (Å²) >= 11 is 0. The minimum atomic E-state index is -1.27. The van der Waals surface area contributed by atoms with E-state index < -0.39 is 11.5 Å².